The third-order valence-electron chi connectivity index (χ3n) is 4.04. The first-order valence-electron chi connectivity index (χ1n) is 7.95. The summed E-state index contributed by atoms with van der Waals surface area (Å²) < 4.78 is 9.63. The summed E-state index contributed by atoms with van der Waals surface area (Å²) in [5.41, 5.74) is 3.09. The minimum absolute atomic E-state index is 0.843. The lowest BCUT2D eigenvalue weighted by atomic mass is 10.1. The second-order valence-corrected chi connectivity index (χ2v) is 8.74. The average Bonchev–Trinajstić information content (AvgIpc) is 3.37. The van der Waals surface area contributed by atoms with Crippen LogP contribution < -0.4 is 4.74 Å². The Morgan fingerprint density at radius 2 is 1.88 bits per heavy atom. The standard InChI is InChI=1S/C19H13N3OS3/c1-23-13-8-6-12(7-9-13)16-17(22-10-11-24-18(22)21-16)26-19-20-14-4-2-3-5-15(14)25-19/h2-11H,1H3. The molecule has 0 atom stereocenters. The molecular formula is C19H13N3OS3. The molecule has 2 aromatic carbocycles. The van der Waals surface area contributed by atoms with Crippen LogP contribution in [-0.2, 0) is 0 Å². The number of methoxy groups -OCH3 is 1. The highest BCUT2D eigenvalue weighted by Crippen LogP contribution is 2.40. The van der Waals surface area contributed by atoms with Gasteiger partial charge < -0.3 is 4.74 Å². The summed E-state index contributed by atoms with van der Waals surface area (Å²) >= 11 is 5.02. The van der Waals surface area contributed by atoms with Crippen LogP contribution in [0.5, 0.6) is 5.75 Å². The quantitative estimate of drug-likeness (QED) is 0.384. The Labute approximate surface area is 162 Å². The van der Waals surface area contributed by atoms with Crippen molar-refractivity contribution in [1.29, 1.82) is 0 Å². The van der Waals surface area contributed by atoms with E-state index in [0.29, 0.717) is 0 Å². The third kappa shape index (κ3) is 2.68. The Balaban J connectivity index is 1.62. The molecule has 0 aliphatic carbocycles. The smallest absolute Gasteiger partial charge is 0.195 e. The molecular weight excluding hydrogens is 382 g/mol. The molecule has 7 heteroatoms. The number of hydrogen-bond acceptors (Lipinski definition) is 6. The van der Waals surface area contributed by atoms with Gasteiger partial charge in [0.25, 0.3) is 0 Å². The maximum Gasteiger partial charge on any atom is 0.195 e. The lowest BCUT2D eigenvalue weighted by molar-refractivity contribution is 0.415. The molecule has 128 valence electrons. The number of para-hydroxylation sites is 1. The van der Waals surface area contributed by atoms with Gasteiger partial charge in [-0.15, -0.1) is 22.7 Å². The first kappa shape index (κ1) is 15.9. The number of aromatic nitrogens is 3. The molecule has 3 heterocycles. The van der Waals surface area contributed by atoms with Gasteiger partial charge in [0.1, 0.15) is 16.5 Å². The average molecular weight is 396 g/mol. The summed E-state index contributed by atoms with van der Waals surface area (Å²) in [4.78, 5) is 10.6. The maximum absolute atomic E-state index is 5.27. The fourth-order valence-corrected chi connectivity index (χ4v) is 5.73. The van der Waals surface area contributed by atoms with Crippen LogP contribution in [0.3, 0.4) is 0 Å². The van der Waals surface area contributed by atoms with Crippen molar-refractivity contribution < 1.29 is 4.74 Å². The molecule has 0 saturated heterocycles. The molecule has 0 aliphatic heterocycles. The summed E-state index contributed by atoms with van der Waals surface area (Å²) in [6.45, 7) is 0. The van der Waals surface area contributed by atoms with Gasteiger partial charge in [-0.05, 0) is 48.2 Å². The van der Waals surface area contributed by atoms with E-state index >= 15 is 0 Å². The van der Waals surface area contributed by atoms with Crippen molar-refractivity contribution in [2.75, 3.05) is 7.11 Å². The Bertz CT molecular complexity index is 1170. The first-order chi connectivity index (χ1) is 12.8. The zero-order chi connectivity index (χ0) is 17.5. The summed E-state index contributed by atoms with van der Waals surface area (Å²) in [5, 5.41) is 3.15. The summed E-state index contributed by atoms with van der Waals surface area (Å²) in [5.74, 6) is 0.843. The molecule has 5 rings (SSSR count). The highest BCUT2D eigenvalue weighted by atomic mass is 32.2. The summed E-state index contributed by atoms with van der Waals surface area (Å²) in [6.07, 6.45) is 2.07. The molecule has 0 unspecified atom stereocenters. The van der Waals surface area contributed by atoms with E-state index in [1.54, 1.807) is 41.5 Å². The molecule has 0 saturated carbocycles. The van der Waals surface area contributed by atoms with Crippen molar-refractivity contribution >= 4 is 49.6 Å². The molecule has 26 heavy (non-hydrogen) atoms. The van der Waals surface area contributed by atoms with Gasteiger partial charge in [-0.3, -0.25) is 4.40 Å². The van der Waals surface area contributed by atoms with Crippen molar-refractivity contribution in [2.45, 2.75) is 9.37 Å². The molecule has 3 aromatic heterocycles. The monoisotopic (exact) mass is 395 g/mol. The fourth-order valence-electron chi connectivity index (χ4n) is 2.78. The molecule has 0 fully saturated rings. The van der Waals surface area contributed by atoms with Gasteiger partial charge >= 0.3 is 0 Å². The zero-order valence-corrected chi connectivity index (χ0v) is 16.2. The molecule has 4 nitrogen and oxygen atoms in total. The number of benzene rings is 2. The number of rotatable bonds is 4. The van der Waals surface area contributed by atoms with Crippen LogP contribution in [0, 0.1) is 0 Å². The van der Waals surface area contributed by atoms with Crippen LogP contribution in [0.15, 0.2) is 69.5 Å². The number of ether oxygens (including phenoxy) is 1. The lowest BCUT2D eigenvalue weighted by Crippen LogP contribution is -1.86. The first-order valence-corrected chi connectivity index (χ1v) is 10.5. The molecule has 0 spiro atoms. The van der Waals surface area contributed by atoms with Gasteiger partial charge in [-0.1, -0.05) is 12.1 Å². The van der Waals surface area contributed by atoms with Crippen LogP contribution in [0.25, 0.3) is 26.4 Å². The van der Waals surface area contributed by atoms with Crippen LogP contribution in [-0.4, -0.2) is 21.5 Å². The normalized spacial score (nSPS) is 11.4. The molecule has 0 radical (unpaired) electrons. The van der Waals surface area contributed by atoms with Crippen molar-refractivity contribution in [3.05, 3.63) is 60.1 Å². The van der Waals surface area contributed by atoms with E-state index in [-0.39, 0.29) is 0 Å². The maximum atomic E-state index is 5.27. The molecule has 0 aliphatic rings. The van der Waals surface area contributed by atoms with Crippen molar-refractivity contribution in [1.82, 2.24) is 14.4 Å². The van der Waals surface area contributed by atoms with E-state index in [9.17, 15) is 0 Å². The Morgan fingerprint density at radius 3 is 2.69 bits per heavy atom. The Hall–Kier alpha value is -2.35. The molecule has 0 amide bonds. The highest BCUT2D eigenvalue weighted by molar-refractivity contribution is 8.01. The van der Waals surface area contributed by atoms with Gasteiger partial charge in [-0.25, -0.2) is 9.97 Å². The Kier molecular flexibility index (Phi) is 3.92. The topological polar surface area (TPSA) is 39.4 Å². The number of nitrogens with zero attached hydrogens (tertiary/aromatic N) is 3. The summed E-state index contributed by atoms with van der Waals surface area (Å²) in [7, 11) is 1.68. The number of imidazole rings is 1. The van der Waals surface area contributed by atoms with Crippen molar-refractivity contribution in [2.24, 2.45) is 0 Å². The largest absolute Gasteiger partial charge is 0.497 e. The van der Waals surface area contributed by atoms with E-state index in [4.69, 9.17) is 14.7 Å². The second-order valence-electron chi connectivity index (χ2n) is 5.60. The van der Waals surface area contributed by atoms with Crippen molar-refractivity contribution in [3.8, 4) is 17.0 Å². The number of thiazole rings is 2. The number of fused-ring (bicyclic) bond motifs is 2. The molecule has 5 aromatic rings. The lowest BCUT2D eigenvalue weighted by Gasteiger charge is -2.04. The SMILES string of the molecule is COc1ccc(-c2nc3sccn3c2Sc2nc3ccccc3s2)cc1. The van der Waals surface area contributed by atoms with E-state index in [2.05, 4.69) is 28.1 Å². The van der Waals surface area contributed by atoms with E-state index < -0.39 is 0 Å². The van der Waals surface area contributed by atoms with Crippen LogP contribution >= 0.6 is 34.4 Å². The molecule has 0 bridgehead atoms. The predicted octanol–water partition coefficient (Wildman–Crippen LogP) is 5.83. The van der Waals surface area contributed by atoms with Crippen LogP contribution in [0.2, 0.25) is 0 Å². The van der Waals surface area contributed by atoms with Gasteiger partial charge in [0, 0.05) is 17.1 Å². The fraction of sp³-hybridized carbons (Fsp3) is 0.0526. The highest BCUT2D eigenvalue weighted by Gasteiger charge is 2.18. The number of hydrogen-bond donors (Lipinski definition) is 0. The van der Waals surface area contributed by atoms with Gasteiger partial charge in [-0.2, -0.15) is 0 Å². The molecule has 0 N–H and O–H groups in total. The Morgan fingerprint density at radius 1 is 1.04 bits per heavy atom. The zero-order valence-electron chi connectivity index (χ0n) is 13.7. The van der Waals surface area contributed by atoms with E-state index in [1.165, 1.54) is 4.70 Å². The van der Waals surface area contributed by atoms with Crippen LogP contribution in [0.4, 0.5) is 0 Å². The predicted molar refractivity (Wildman–Crippen MR) is 109 cm³/mol. The van der Waals surface area contributed by atoms with Gasteiger partial charge in [0.05, 0.1) is 17.3 Å². The minimum Gasteiger partial charge on any atom is -0.497 e. The van der Waals surface area contributed by atoms with Crippen LogP contribution in [0.1, 0.15) is 0 Å². The minimum atomic E-state index is 0.843. The van der Waals surface area contributed by atoms with E-state index in [0.717, 1.165) is 36.9 Å². The van der Waals surface area contributed by atoms with E-state index in [1.807, 2.05) is 36.4 Å². The second kappa shape index (κ2) is 6.42. The van der Waals surface area contributed by atoms with Gasteiger partial charge in [0.2, 0.25) is 0 Å². The van der Waals surface area contributed by atoms with Crippen molar-refractivity contribution in [3.63, 3.8) is 0 Å². The third-order valence-corrected chi connectivity index (χ3v) is 6.98. The van der Waals surface area contributed by atoms with Gasteiger partial charge in [0.15, 0.2) is 9.30 Å². The summed E-state index contributed by atoms with van der Waals surface area (Å²) in [6, 6.07) is 16.3.